The van der Waals surface area contributed by atoms with Crippen molar-refractivity contribution >= 4 is 33.4 Å². The smallest absolute Gasteiger partial charge is 0.226 e. The molecule has 0 aliphatic rings. The van der Waals surface area contributed by atoms with Crippen LogP contribution in [0.1, 0.15) is 34.1 Å². The molecular formula is C15H21BrN2O2. The average molecular weight is 341 g/mol. The minimum absolute atomic E-state index is 0.0206. The van der Waals surface area contributed by atoms with Crippen molar-refractivity contribution in [2.45, 2.75) is 39.7 Å². The SMILES string of the molecule is CC(=O)N(CCC(=O)Nc1cccc(Br)c1)C(C)(C)C. The molecule has 2 amide bonds. The summed E-state index contributed by atoms with van der Waals surface area (Å²) in [6, 6.07) is 7.42. The second kappa shape index (κ2) is 6.88. The molecule has 0 atom stereocenters. The topological polar surface area (TPSA) is 49.4 Å². The number of nitrogens with one attached hydrogen (secondary N) is 1. The first-order chi connectivity index (χ1) is 9.20. The van der Waals surface area contributed by atoms with E-state index in [1.54, 1.807) is 4.90 Å². The van der Waals surface area contributed by atoms with Crippen molar-refractivity contribution in [1.82, 2.24) is 4.90 Å². The van der Waals surface area contributed by atoms with Crippen LogP contribution in [0.3, 0.4) is 0 Å². The standard InChI is InChI=1S/C15H21BrN2O2/c1-11(19)18(15(2,3)4)9-8-14(20)17-13-7-5-6-12(16)10-13/h5-7,10H,8-9H2,1-4H3,(H,17,20). The van der Waals surface area contributed by atoms with Gasteiger partial charge in [-0.15, -0.1) is 0 Å². The van der Waals surface area contributed by atoms with Crippen molar-refractivity contribution in [1.29, 1.82) is 0 Å². The van der Waals surface area contributed by atoms with Gasteiger partial charge in [-0.25, -0.2) is 0 Å². The number of hydrogen-bond acceptors (Lipinski definition) is 2. The first-order valence-corrected chi connectivity index (χ1v) is 7.33. The zero-order valence-corrected chi connectivity index (χ0v) is 14.0. The Balaban J connectivity index is 2.56. The summed E-state index contributed by atoms with van der Waals surface area (Å²) in [6.45, 7) is 7.82. The van der Waals surface area contributed by atoms with E-state index < -0.39 is 0 Å². The van der Waals surface area contributed by atoms with Crippen LogP contribution >= 0.6 is 15.9 Å². The van der Waals surface area contributed by atoms with Crippen LogP contribution in [0.15, 0.2) is 28.7 Å². The van der Waals surface area contributed by atoms with E-state index in [9.17, 15) is 9.59 Å². The third-order valence-corrected chi connectivity index (χ3v) is 3.35. The number of anilines is 1. The van der Waals surface area contributed by atoms with E-state index in [1.807, 2.05) is 45.0 Å². The highest BCUT2D eigenvalue weighted by atomic mass is 79.9. The molecule has 0 heterocycles. The number of rotatable bonds is 4. The summed E-state index contributed by atoms with van der Waals surface area (Å²) < 4.78 is 0.912. The minimum Gasteiger partial charge on any atom is -0.338 e. The maximum Gasteiger partial charge on any atom is 0.226 e. The number of carbonyl (C=O) groups is 2. The number of nitrogens with zero attached hydrogens (tertiary/aromatic N) is 1. The predicted octanol–water partition coefficient (Wildman–Crippen LogP) is 3.42. The Labute approximate surface area is 128 Å². The van der Waals surface area contributed by atoms with E-state index >= 15 is 0 Å². The van der Waals surface area contributed by atoms with Gasteiger partial charge in [0.05, 0.1) is 0 Å². The van der Waals surface area contributed by atoms with Crippen LogP contribution in [0.2, 0.25) is 0 Å². The van der Waals surface area contributed by atoms with Crippen LogP contribution in [0.5, 0.6) is 0 Å². The molecule has 0 spiro atoms. The van der Waals surface area contributed by atoms with Gasteiger partial charge in [-0.2, -0.15) is 0 Å². The zero-order chi connectivity index (χ0) is 15.3. The van der Waals surface area contributed by atoms with Crippen LogP contribution in [0.4, 0.5) is 5.69 Å². The zero-order valence-electron chi connectivity index (χ0n) is 12.4. The van der Waals surface area contributed by atoms with E-state index in [0.717, 1.165) is 10.2 Å². The van der Waals surface area contributed by atoms with Gasteiger partial charge in [0.2, 0.25) is 11.8 Å². The molecule has 110 valence electrons. The second-order valence-electron chi connectivity index (χ2n) is 5.65. The Bertz CT molecular complexity index is 495. The Morgan fingerprint density at radius 2 is 1.95 bits per heavy atom. The molecule has 0 saturated carbocycles. The first-order valence-electron chi connectivity index (χ1n) is 6.54. The fourth-order valence-corrected chi connectivity index (χ4v) is 2.37. The monoisotopic (exact) mass is 340 g/mol. The molecule has 1 aromatic rings. The number of halogens is 1. The highest BCUT2D eigenvalue weighted by Crippen LogP contribution is 2.17. The number of hydrogen-bond donors (Lipinski definition) is 1. The third-order valence-electron chi connectivity index (χ3n) is 2.86. The first kappa shape index (κ1) is 16.7. The molecule has 20 heavy (non-hydrogen) atoms. The van der Waals surface area contributed by atoms with Gasteiger partial charge in [-0.05, 0) is 39.0 Å². The van der Waals surface area contributed by atoms with Gasteiger partial charge in [0.1, 0.15) is 0 Å². The molecule has 1 rings (SSSR count). The fraction of sp³-hybridized carbons (Fsp3) is 0.467. The summed E-state index contributed by atoms with van der Waals surface area (Å²) in [5.74, 6) is -0.119. The summed E-state index contributed by atoms with van der Waals surface area (Å²) in [5.41, 5.74) is 0.469. The van der Waals surface area contributed by atoms with Crippen LogP contribution < -0.4 is 5.32 Å². The highest BCUT2D eigenvalue weighted by Gasteiger charge is 2.23. The van der Waals surface area contributed by atoms with Crippen molar-refractivity contribution < 1.29 is 9.59 Å². The molecule has 5 heteroatoms. The third kappa shape index (κ3) is 5.33. The van der Waals surface area contributed by atoms with Gasteiger partial charge in [0, 0.05) is 35.6 Å². The summed E-state index contributed by atoms with van der Waals surface area (Å²) in [7, 11) is 0. The normalized spacial score (nSPS) is 11.1. The van der Waals surface area contributed by atoms with Crippen LogP contribution in [-0.2, 0) is 9.59 Å². The molecule has 0 fully saturated rings. The van der Waals surface area contributed by atoms with Crippen LogP contribution in [-0.4, -0.2) is 28.8 Å². The van der Waals surface area contributed by atoms with E-state index in [0.29, 0.717) is 6.54 Å². The van der Waals surface area contributed by atoms with Gasteiger partial charge >= 0.3 is 0 Å². The van der Waals surface area contributed by atoms with Crippen molar-refractivity contribution in [2.75, 3.05) is 11.9 Å². The van der Waals surface area contributed by atoms with Crippen LogP contribution in [0.25, 0.3) is 0 Å². The van der Waals surface area contributed by atoms with Crippen molar-refractivity contribution in [3.05, 3.63) is 28.7 Å². The second-order valence-corrected chi connectivity index (χ2v) is 6.57. The van der Waals surface area contributed by atoms with Gasteiger partial charge in [0.25, 0.3) is 0 Å². The Kier molecular flexibility index (Phi) is 5.74. The summed E-state index contributed by atoms with van der Waals surface area (Å²) in [5, 5.41) is 2.82. The largest absolute Gasteiger partial charge is 0.338 e. The number of carbonyl (C=O) groups excluding carboxylic acids is 2. The predicted molar refractivity (Wildman–Crippen MR) is 84.5 cm³/mol. The van der Waals surface area contributed by atoms with E-state index in [2.05, 4.69) is 21.2 Å². The van der Waals surface area contributed by atoms with Crippen molar-refractivity contribution in [3.63, 3.8) is 0 Å². The molecule has 0 radical (unpaired) electrons. The summed E-state index contributed by atoms with van der Waals surface area (Å²) in [6.07, 6.45) is 0.281. The van der Waals surface area contributed by atoms with Crippen molar-refractivity contribution in [3.8, 4) is 0 Å². The molecule has 0 bridgehead atoms. The Hall–Kier alpha value is -1.36. The highest BCUT2D eigenvalue weighted by molar-refractivity contribution is 9.10. The summed E-state index contributed by atoms with van der Waals surface area (Å²) >= 11 is 3.36. The lowest BCUT2D eigenvalue weighted by atomic mass is 10.1. The Morgan fingerprint density at radius 1 is 1.30 bits per heavy atom. The van der Waals surface area contributed by atoms with Gasteiger partial charge < -0.3 is 10.2 Å². The Morgan fingerprint density at radius 3 is 2.45 bits per heavy atom. The maximum atomic E-state index is 11.9. The maximum absolute atomic E-state index is 11.9. The van der Waals surface area contributed by atoms with E-state index in [1.165, 1.54) is 6.92 Å². The molecule has 0 aliphatic heterocycles. The molecule has 1 aromatic carbocycles. The van der Waals surface area contributed by atoms with Gasteiger partial charge in [-0.3, -0.25) is 9.59 Å². The van der Waals surface area contributed by atoms with E-state index in [4.69, 9.17) is 0 Å². The minimum atomic E-state index is -0.276. The molecule has 4 nitrogen and oxygen atoms in total. The fourth-order valence-electron chi connectivity index (χ4n) is 1.97. The van der Waals surface area contributed by atoms with Crippen LogP contribution in [0, 0.1) is 0 Å². The van der Waals surface area contributed by atoms with Gasteiger partial charge in [-0.1, -0.05) is 22.0 Å². The molecule has 0 unspecified atom stereocenters. The lowest BCUT2D eigenvalue weighted by Gasteiger charge is -2.34. The average Bonchev–Trinajstić information content (AvgIpc) is 2.26. The van der Waals surface area contributed by atoms with Gasteiger partial charge in [0.15, 0.2) is 0 Å². The molecule has 1 N–H and O–H groups in total. The molecular weight excluding hydrogens is 320 g/mol. The quantitative estimate of drug-likeness (QED) is 0.912. The molecule has 0 aliphatic carbocycles. The molecule has 0 saturated heterocycles. The lowest BCUT2D eigenvalue weighted by molar-refractivity contribution is -0.134. The number of amides is 2. The molecule has 0 aromatic heterocycles. The number of benzene rings is 1. The lowest BCUT2D eigenvalue weighted by Crippen LogP contribution is -2.45. The van der Waals surface area contributed by atoms with E-state index in [-0.39, 0.29) is 23.8 Å². The summed E-state index contributed by atoms with van der Waals surface area (Å²) in [4.78, 5) is 25.2. The van der Waals surface area contributed by atoms with Crippen molar-refractivity contribution in [2.24, 2.45) is 0 Å².